The lowest BCUT2D eigenvalue weighted by Crippen LogP contribution is -2.36. The van der Waals surface area contributed by atoms with Crippen LogP contribution in [0, 0.1) is 5.92 Å². The molecule has 33 heavy (non-hydrogen) atoms. The highest BCUT2D eigenvalue weighted by molar-refractivity contribution is 6.33. The Balaban J connectivity index is 1.49. The van der Waals surface area contributed by atoms with Crippen LogP contribution in [0.5, 0.6) is 0 Å². The molecular weight excluding hydrogens is 441 g/mol. The summed E-state index contributed by atoms with van der Waals surface area (Å²) >= 11 is 6.46. The number of carbonyl (C=O) groups is 1. The molecule has 2 aliphatic heterocycles. The second-order valence-electron chi connectivity index (χ2n) is 8.62. The van der Waals surface area contributed by atoms with Gasteiger partial charge in [-0.25, -0.2) is 14.4 Å². The number of hydrogen-bond donors (Lipinski definition) is 3. The largest absolute Gasteiger partial charge is 0.367 e. The summed E-state index contributed by atoms with van der Waals surface area (Å²) in [6.07, 6.45) is 3.11. The standard InChI is InChI=1S/C25H25ClFN5O/c26-20-14-29-23-12-19(20)21-5-2-6-22(31-21)28-13-15-3-1-4-17(11-15)24(27)32-25(33)16-7-9-18(30-23)10-8-16/h1-6,11-12,14,16,18,24H,7-10,13H2,(H,28,31)(H,29,30)(H,32,33)/t16-,18-,24?. The zero-order valence-electron chi connectivity index (χ0n) is 18.0. The maximum atomic E-state index is 14.9. The van der Waals surface area contributed by atoms with Crippen molar-refractivity contribution in [2.75, 3.05) is 10.6 Å². The van der Waals surface area contributed by atoms with Crippen molar-refractivity contribution >= 4 is 29.1 Å². The fourth-order valence-corrected chi connectivity index (χ4v) is 4.69. The molecule has 8 bridgehead atoms. The van der Waals surface area contributed by atoms with Gasteiger partial charge < -0.3 is 16.0 Å². The Morgan fingerprint density at radius 3 is 2.64 bits per heavy atom. The van der Waals surface area contributed by atoms with E-state index in [0.717, 1.165) is 35.5 Å². The van der Waals surface area contributed by atoms with E-state index in [2.05, 4.69) is 20.9 Å². The smallest absolute Gasteiger partial charge is 0.225 e. The second kappa shape index (κ2) is 9.35. The first kappa shape index (κ1) is 21.6. The minimum Gasteiger partial charge on any atom is -0.367 e. The van der Waals surface area contributed by atoms with Crippen LogP contribution in [-0.2, 0) is 11.3 Å². The lowest BCUT2D eigenvalue weighted by molar-refractivity contribution is -0.127. The minimum atomic E-state index is -1.54. The number of hydrogen-bond acceptors (Lipinski definition) is 5. The molecule has 1 aliphatic carbocycles. The summed E-state index contributed by atoms with van der Waals surface area (Å²) in [5.41, 5.74) is 2.87. The number of benzene rings is 1. The molecule has 1 unspecified atom stereocenters. The summed E-state index contributed by atoms with van der Waals surface area (Å²) in [6.45, 7) is 0.464. The number of rotatable bonds is 0. The average molecular weight is 466 g/mol. The van der Waals surface area contributed by atoms with Gasteiger partial charge in [-0.1, -0.05) is 35.9 Å². The van der Waals surface area contributed by atoms with Gasteiger partial charge in [0, 0.05) is 35.8 Å². The number of anilines is 2. The first-order valence-corrected chi connectivity index (χ1v) is 11.6. The lowest BCUT2D eigenvalue weighted by Gasteiger charge is -2.29. The van der Waals surface area contributed by atoms with Crippen molar-refractivity contribution < 1.29 is 9.18 Å². The van der Waals surface area contributed by atoms with Crippen molar-refractivity contribution in [1.82, 2.24) is 15.3 Å². The maximum Gasteiger partial charge on any atom is 0.225 e. The molecule has 1 atom stereocenters. The Morgan fingerprint density at radius 2 is 1.79 bits per heavy atom. The molecule has 170 valence electrons. The third kappa shape index (κ3) is 4.93. The fourth-order valence-electron chi connectivity index (χ4n) is 4.49. The summed E-state index contributed by atoms with van der Waals surface area (Å²) < 4.78 is 14.9. The quantitative estimate of drug-likeness (QED) is 0.383. The van der Waals surface area contributed by atoms with Gasteiger partial charge in [-0.2, -0.15) is 0 Å². The molecule has 8 heteroatoms. The van der Waals surface area contributed by atoms with Crippen molar-refractivity contribution in [3.8, 4) is 11.3 Å². The molecule has 6 nitrogen and oxygen atoms in total. The Labute approximate surface area is 197 Å². The normalized spacial score (nSPS) is 22.7. The molecule has 0 radical (unpaired) electrons. The third-order valence-corrected chi connectivity index (χ3v) is 6.62. The van der Waals surface area contributed by atoms with Crippen LogP contribution in [0.15, 0.2) is 54.7 Å². The van der Waals surface area contributed by atoms with Crippen LogP contribution < -0.4 is 16.0 Å². The Hall–Kier alpha value is -3.19. The molecule has 0 saturated heterocycles. The summed E-state index contributed by atoms with van der Waals surface area (Å²) in [5, 5.41) is 9.84. The molecule has 4 heterocycles. The zero-order valence-corrected chi connectivity index (χ0v) is 18.8. The first-order chi connectivity index (χ1) is 16.0. The summed E-state index contributed by atoms with van der Waals surface area (Å²) in [5.74, 6) is 0.990. The van der Waals surface area contributed by atoms with Crippen LogP contribution in [0.2, 0.25) is 5.02 Å². The molecule has 1 saturated carbocycles. The number of pyridine rings is 2. The molecule has 3 aliphatic rings. The highest BCUT2D eigenvalue weighted by Crippen LogP contribution is 2.32. The fraction of sp³-hybridized carbons (Fsp3) is 0.320. The van der Waals surface area contributed by atoms with Crippen molar-refractivity contribution in [2.24, 2.45) is 5.92 Å². The predicted molar refractivity (Wildman–Crippen MR) is 128 cm³/mol. The van der Waals surface area contributed by atoms with Crippen LogP contribution in [0.4, 0.5) is 16.0 Å². The van der Waals surface area contributed by atoms with Crippen LogP contribution in [0.25, 0.3) is 11.3 Å². The van der Waals surface area contributed by atoms with Gasteiger partial charge in [-0.3, -0.25) is 4.79 Å². The van der Waals surface area contributed by atoms with E-state index in [1.54, 1.807) is 24.4 Å². The molecule has 3 N–H and O–H groups in total. The zero-order chi connectivity index (χ0) is 22.8. The number of aromatic nitrogens is 2. The Morgan fingerprint density at radius 1 is 0.970 bits per heavy atom. The van der Waals surface area contributed by atoms with Gasteiger partial charge in [0.1, 0.15) is 11.6 Å². The SMILES string of the molecule is O=C1NC(F)c2cccc(c2)CNc2cccc(n2)-c2cc(ncc2Cl)N[C@H]2CC[C@H]1CC2. The number of fused-ring (bicyclic) bond motifs is 5. The third-order valence-electron chi connectivity index (χ3n) is 6.32. The monoisotopic (exact) mass is 465 g/mol. The van der Waals surface area contributed by atoms with E-state index >= 15 is 0 Å². The van der Waals surface area contributed by atoms with E-state index < -0.39 is 6.30 Å². The number of carbonyl (C=O) groups excluding carboxylic acids is 1. The van der Waals surface area contributed by atoms with E-state index in [1.807, 2.05) is 30.3 Å². The molecular formula is C25H25ClFN5O. The van der Waals surface area contributed by atoms with E-state index in [-0.39, 0.29) is 17.9 Å². The molecule has 3 aromatic rings. The molecule has 2 aromatic heterocycles. The van der Waals surface area contributed by atoms with Crippen LogP contribution in [0.3, 0.4) is 0 Å². The van der Waals surface area contributed by atoms with Crippen molar-refractivity contribution in [3.05, 3.63) is 70.9 Å². The highest BCUT2D eigenvalue weighted by atomic mass is 35.5. The average Bonchev–Trinajstić information content (AvgIpc) is 2.84. The molecule has 6 rings (SSSR count). The number of nitrogens with zero attached hydrogens (tertiary/aromatic N) is 2. The van der Waals surface area contributed by atoms with Gasteiger partial charge in [0.15, 0.2) is 6.30 Å². The van der Waals surface area contributed by atoms with Crippen molar-refractivity contribution in [2.45, 2.75) is 44.6 Å². The number of nitrogens with one attached hydrogen (secondary N) is 3. The van der Waals surface area contributed by atoms with Crippen molar-refractivity contribution in [1.29, 1.82) is 0 Å². The summed E-state index contributed by atoms with van der Waals surface area (Å²) in [7, 11) is 0. The second-order valence-corrected chi connectivity index (χ2v) is 9.03. The van der Waals surface area contributed by atoms with E-state index in [1.165, 1.54) is 0 Å². The maximum absolute atomic E-state index is 14.9. The first-order valence-electron chi connectivity index (χ1n) is 11.2. The van der Waals surface area contributed by atoms with Crippen LogP contribution >= 0.6 is 11.6 Å². The lowest BCUT2D eigenvalue weighted by atomic mass is 9.85. The molecule has 1 amide bonds. The van der Waals surface area contributed by atoms with E-state index in [4.69, 9.17) is 16.6 Å². The van der Waals surface area contributed by atoms with Gasteiger partial charge in [0.25, 0.3) is 0 Å². The molecule has 1 aromatic carbocycles. The van der Waals surface area contributed by atoms with Gasteiger partial charge in [0.2, 0.25) is 5.91 Å². The summed E-state index contributed by atoms with van der Waals surface area (Å²) in [4.78, 5) is 21.8. The van der Waals surface area contributed by atoms with E-state index in [9.17, 15) is 9.18 Å². The summed E-state index contributed by atoms with van der Waals surface area (Å²) in [6, 6.07) is 15.0. The van der Waals surface area contributed by atoms with Crippen LogP contribution in [0.1, 0.15) is 43.1 Å². The highest BCUT2D eigenvalue weighted by Gasteiger charge is 2.28. The van der Waals surface area contributed by atoms with E-state index in [0.29, 0.717) is 35.8 Å². The Bertz CT molecular complexity index is 1170. The Kier molecular flexibility index (Phi) is 6.13. The van der Waals surface area contributed by atoms with Gasteiger partial charge in [-0.05, 0) is 55.5 Å². The molecule has 0 spiro atoms. The van der Waals surface area contributed by atoms with Crippen LogP contribution in [-0.4, -0.2) is 21.9 Å². The number of halogens is 2. The number of alkyl halides is 1. The topological polar surface area (TPSA) is 78.9 Å². The van der Waals surface area contributed by atoms with Gasteiger partial charge >= 0.3 is 0 Å². The predicted octanol–water partition coefficient (Wildman–Crippen LogP) is 5.48. The number of amides is 1. The van der Waals surface area contributed by atoms with Gasteiger partial charge in [-0.15, -0.1) is 0 Å². The molecule has 1 fully saturated rings. The van der Waals surface area contributed by atoms with Gasteiger partial charge in [0.05, 0.1) is 10.7 Å². The van der Waals surface area contributed by atoms with Crippen molar-refractivity contribution in [3.63, 3.8) is 0 Å². The minimum absolute atomic E-state index is 0.187.